The predicted molar refractivity (Wildman–Crippen MR) is 101 cm³/mol. The smallest absolute Gasteiger partial charge is 0.224 e. The number of ether oxygens (including phenoxy) is 1. The van der Waals surface area contributed by atoms with Crippen molar-refractivity contribution in [1.29, 1.82) is 0 Å². The minimum atomic E-state index is 0.0570. The molecular formula is C21H26N2O3. The van der Waals surface area contributed by atoms with E-state index in [1.807, 2.05) is 9.96 Å². The van der Waals surface area contributed by atoms with E-state index in [0.29, 0.717) is 32.7 Å². The minimum Gasteiger partial charge on any atom is -0.374 e. The number of hydroxylamine groups is 2. The highest BCUT2D eigenvalue weighted by atomic mass is 16.7. The molecule has 26 heavy (non-hydrogen) atoms. The Morgan fingerprint density at radius 3 is 2.85 bits per heavy atom. The number of hydrogen-bond acceptors (Lipinski definition) is 4. The molecule has 2 aromatic rings. The fourth-order valence-electron chi connectivity index (χ4n) is 3.84. The van der Waals surface area contributed by atoms with Crippen molar-refractivity contribution in [3.8, 4) is 0 Å². The third-order valence-corrected chi connectivity index (χ3v) is 5.22. The van der Waals surface area contributed by atoms with Gasteiger partial charge in [0.05, 0.1) is 19.3 Å². The van der Waals surface area contributed by atoms with Crippen molar-refractivity contribution in [3.05, 3.63) is 48.0 Å². The molecule has 0 saturated carbocycles. The van der Waals surface area contributed by atoms with Crippen molar-refractivity contribution < 1.29 is 14.4 Å². The molecule has 2 saturated heterocycles. The summed E-state index contributed by atoms with van der Waals surface area (Å²) in [6, 6.07) is 14.8. The Kier molecular flexibility index (Phi) is 5.48. The van der Waals surface area contributed by atoms with Crippen molar-refractivity contribution in [2.24, 2.45) is 0 Å². The van der Waals surface area contributed by atoms with Crippen LogP contribution in [0, 0.1) is 0 Å². The molecule has 138 valence electrons. The zero-order valence-corrected chi connectivity index (χ0v) is 15.1. The van der Waals surface area contributed by atoms with Crippen LogP contribution in [0.4, 0.5) is 0 Å². The zero-order chi connectivity index (χ0) is 17.8. The summed E-state index contributed by atoms with van der Waals surface area (Å²) in [5, 5.41) is 4.43. The van der Waals surface area contributed by atoms with Gasteiger partial charge in [0.2, 0.25) is 5.91 Å². The average molecular weight is 354 g/mol. The summed E-state index contributed by atoms with van der Waals surface area (Å²) in [5.41, 5.74) is 1.29. The zero-order valence-electron chi connectivity index (χ0n) is 15.1. The van der Waals surface area contributed by atoms with E-state index in [0.717, 1.165) is 26.0 Å². The van der Waals surface area contributed by atoms with E-state index < -0.39 is 0 Å². The summed E-state index contributed by atoms with van der Waals surface area (Å²) in [4.78, 5) is 20.0. The third kappa shape index (κ3) is 4.06. The first-order valence-corrected chi connectivity index (χ1v) is 9.53. The van der Waals surface area contributed by atoms with Gasteiger partial charge in [-0.3, -0.25) is 9.63 Å². The van der Waals surface area contributed by atoms with Gasteiger partial charge in [-0.05, 0) is 22.8 Å². The first-order valence-electron chi connectivity index (χ1n) is 9.53. The number of benzene rings is 2. The monoisotopic (exact) mass is 354 g/mol. The first kappa shape index (κ1) is 17.5. The van der Waals surface area contributed by atoms with E-state index in [1.165, 1.54) is 16.3 Å². The molecule has 0 N–H and O–H groups in total. The molecule has 0 aliphatic carbocycles. The van der Waals surface area contributed by atoms with Crippen molar-refractivity contribution in [2.45, 2.75) is 25.4 Å². The van der Waals surface area contributed by atoms with Gasteiger partial charge in [-0.2, -0.15) is 5.06 Å². The van der Waals surface area contributed by atoms with Crippen LogP contribution in [0.1, 0.15) is 18.4 Å². The van der Waals surface area contributed by atoms with Gasteiger partial charge < -0.3 is 9.64 Å². The quantitative estimate of drug-likeness (QED) is 0.828. The summed E-state index contributed by atoms with van der Waals surface area (Å²) >= 11 is 0. The molecule has 2 aliphatic heterocycles. The highest BCUT2D eigenvalue weighted by Gasteiger charge is 2.25. The fourth-order valence-corrected chi connectivity index (χ4v) is 3.84. The summed E-state index contributed by atoms with van der Waals surface area (Å²) in [5.74, 6) is 0.201. The average Bonchev–Trinajstić information content (AvgIpc) is 3.20. The standard InChI is InChI=1S/C21H26N2O3/c24-21(9-11-23-10-4-13-26-23)22-12-14-25-19(16-22)15-18-7-3-6-17-5-1-2-8-20(17)18/h1-3,5-8,19H,4,9-16H2/t19-/m0/s1. The Morgan fingerprint density at radius 1 is 1.08 bits per heavy atom. The van der Waals surface area contributed by atoms with Crippen molar-refractivity contribution in [3.63, 3.8) is 0 Å². The Labute approximate surface area is 154 Å². The Balaban J connectivity index is 1.36. The second-order valence-electron chi connectivity index (χ2n) is 7.04. The van der Waals surface area contributed by atoms with Crippen LogP contribution in [0.3, 0.4) is 0 Å². The molecule has 2 aromatic carbocycles. The van der Waals surface area contributed by atoms with Crippen LogP contribution in [0.5, 0.6) is 0 Å². The number of amides is 1. The SMILES string of the molecule is O=C(CCN1CCCO1)N1CCO[C@@H](Cc2cccc3ccccc23)C1. The molecular weight excluding hydrogens is 328 g/mol. The molecule has 2 aliphatic rings. The molecule has 0 radical (unpaired) electrons. The lowest BCUT2D eigenvalue weighted by Crippen LogP contribution is -2.47. The summed E-state index contributed by atoms with van der Waals surface area (Å²) in [7, 11) is 0. The van der Waals surface area contributed by atoms with E-state index in [1.54, 1.807) is 0 Å². The minimum absolute atomic E-state index is 0.0570. The van der Waals surface area contributed by atoms with Gasteiger partial charge in [0.15, 0.2) is 0 Å². The van der Waals surface area contributed by atoms with E-state index in [-0.39, 0.29) is 12.0 Å². The molecule has 5 nitrogen and oxygen atoms in total. The second-order valence-corrected chi connectivity index (χ2v) is 7.04. The molecule has 5 heteroatoms. The third-order valence-electron chi connectivity index (χ3n) is 5.22. The lowest BCUT2D eigenvalue weighted by Gasteiger charge is -2.33. The molecule has 0 unspecified atom stereocenters. The van der Waals surface area contributed by atoms with Gasteiger partial charge >= 0.3 is 0 Å². The second kappa shape index (κ2) is 8.16. The largest absolute Gasteiger partial charge is 0.374 e. The Bertz CT molecular complexity index is 753. The van der Waals surface area contributed by atoms with Crippen LogP contribution >= 0.6 is 0 Å². The topological polar surface area (TPSA) is 42.0 Å². The molecule has 4 rings (SSSR count). The van der Waals surface area contributed by atoms with Gasteiger partial charge in [-0.15, -0.1) is 0 Å². The van der Waals surface area contributed by atoms with Gasteiger partial charge in [0.1, 0.15) is 0 Å². The van der Waals surface area contributed by atoms with E-state index >= 15 is 0 Å². The molecule has 1 atom stereocenters. The van der Waals surface area contributed by atoms with Crippen molar-refractivity contribution >= 4 is 16.7 Å². The van der Waals surface area contributed by atoms with Crippen LogP contribution in [-0.4, -0.2) is 61.4 Å². The van der Waals surface area contributed by atoms with Crippen LogP contribution in [0.15, 0.2) is 42.5 Å². The van der Waals surface area contributed by atoms with Crippen molar-refractivity contribution in [2.75, 3.05) is 39.4 Å². The van der Waals surface area contributed by atoms with Crippen LogP contribution < -0.4 is 0 Å². The molecule has 2 fully saturated rings. The Hall–Kier alpha value is -1.95. The van der Waals surface area contributed by atoms with Crippen LogP contribution in [0.25, 0.3) is 10.8 Å². The normalized spacial score (nSPS) is 21.4. The molecule has 2 heterocycles. The lowest BCUT2D eigenvalue weighted by molar-refractivity contribution is -0.145. The van der Waals surface area contributed by atoms with E-state index in [9.17, 15) is 4.79 Å². The summed E-state index contributed by atoms with van der Waals surface area (Å²) < 4.78 is 5.96. The number of morpholine rings is 1. The maximum Gasteiger partial charge on any atom is 0.224 e. The van der Waals surface area contributed by atoms with Crippen molar-refractivity contribution in [1.82, 2.24) is 9.96 Å². The number of hydrogen-bond donors (Lipinski definition) is 0. The van der Waals surface area contributed by atoms with Gasteiger partial charge in [-0.25, -0.2) is 0 Å². The van der Waals surface area contributed by atoms with E-state index in [2.05, 4.69) is 42.5 Å². The van der Waals surface area contributed by atoms with E-state index in [4.69, 9.17) is 9.57 Å². The van der Waals surface area contributed by atoms with Gasteiger partial charge in [0.25, 0.3) is 0 Å². The number of carbonyl (C=O) groups excluding carboxylic acids is 1. The van der Waals surface area contributed by atoms with Crippen LogP contribution in [-0.2, 0) is 20.8 Å². The van der Waals surface area contributed by atoms with Gasteiger partial charge in [0, 0.05) is 39.0 Å². The molecule has 0 spiro atoms. The first-order chi connectivity index (χ1) is 12.8. The number of rotatable bonds is 5. The number of carbonyl (C=O) groups is 1. The highest BCUT2D eigenvalue weighted by molar-refractivity contribution is 5.85. The highest BCUT2D eigenvalue weighted by Crippen LogP contribution is 2.22. The maximum atomic E-state index is 12.6. The molecule has 0 aromatic heterocycles. The molecule has 1 amide bonds. The predicted octanol–water partition coefficient (Wildman–Crippen LogP) is 2.64. The van der Waals surface area contributed by atoms with Gasteiger partial charge in [-0.1, -0.05) is 42.5 Å². The van der Waals surface area contributed by atoms with Crippen LogP contribution in [0.2, 0.25) is 0 Å². The summed E-state index contributed by atoms with van der Waals surface area (Å²) in [6.45, 7) is 4.36. The Morgan fingerprint density at radius 2 is 1.96 bits per heavy atom. The summed E-state index contributed by atoms with van der Waals surface area (Å²) in [6.07, 6.45) is 2.46. The molecule has 0 bridgehead atoms. The lowest BCUT2D eigenvalue weighted by atomic mass is 9.99. The maximum absolute atomic E-state index is 12.6. The fraction of sp³-hybridized carbons (Fsp3) is 0.476. The number of nitrogens with zero attached hydrogens (tertiary/aromatic N) is 2. The number of fused-ring (bicyclic) bond motifs is 1.